The summed E-state index contributed by atoms with van der Waals surface area (Å²) in [5.74, 6) is -2.30. The van der Waals surface area contributed by atoms with Gasteiger partial charge in [0.05, 0.1) is 22.9 Å². The first-order valence-corrected chi connectivity index (χ1v) is 9.97. The molecule has 3 rings (SSSR count). The molecule has 1 heterocycles. The summed E-state index contributed by atoms with van der Waals surface area (Å²) >= 11 is 0. The third-order valence-electron chi connectivity index (χ3n) is 4.67. The van der Waals surface area contributed by atoms with Crippen molar-refractivity contribution in [3.8, 4) is 5.75 Å². The molecule has 0 aliphatic carbocycles. The molecular formula is C23H24N2O7. The van der Waals surface area contributed by atoms with Gasteiger partial charge in [0.1, 0.15) is 12.3 Å². The van der Waals surface area contributed by atoms with Gasteiger partial charge in [-0.15, -0.1) is 0 Å². The summed E-state index contributed by atoms with van der Waals surface area (Å²) in [6.07, 6.45) is -0.248. The Morgan fingerprint density at radius 2 is 1.72 bits per heavy atom. The smallest absolute Gasteiger partial charge is 0.338 e. The van der Waals surface area contributed by atoms with Crippen LogP contribution in [-0.4, -0.2) is 47.1 Å². The molecule has 0 aromatic heterocycles. The minimum Gasteiger partial charge on any atom is -0.478 e. The first kappa shape index (κ1) is 22.8. The summed E-state index contributed by atoms with van der Waals surface area (Å²) in [4.78, 5) is 50.1. The van der Waals surface area contributed by atoms with Crippen molar-refractivity contribution < 1.29 is 33.8 Å². The van der Waals surface area contributed by atoms with Gasteiger partial charge < -0.3 is 19.9 Å². The maximum atomic E-state index is 12.9. The number of nitrogens with zero attached hydrogens (tertiary/aromatic N) is 1. The fourth-order valence-electron chi connectivity index (χ4n) is 3.17. The molecule has 2 amide bonds. The number of hydrogen-bond donors (Lipinski definition) is 2. The van der Waals surface area contributed by atoms with Crippen molar-refractivity contribution in [3.63, 3.8) is 0 Å². The molecule has 0 unspecified atom stereocenters. The van der Waals surface area contributed by atoms with Gasteiger partial charge in [-0.1, -0.05) is 0 Å². The maximum absolute atomic E-state index is 12.9. The van der Waals surface area contributed by atoms with Crippen LogP contribution in [0, 0.1) is 0 Å². The van der Waals surface area contributed by atoms with Gasteiger partial charge in [0, 0.05) is 5.69 Å². The number of ether oxygens (including phenoxy) is 2. The van der Waals surface area contributed by atoms with Crippen LogP contribution in [0.25, 0.3) is 0 Å². The normalized spacial score (nSPS) is 14.4. The predicted molar refractivity (Wildman–Crippen MR) is 116 cm³/mol. The van der Waals surface area contributed by atoms with Crippen LogP contribution in [0.2, 0.25) is 0 Å². The highest BCUT2D eigenvalue weighted by molar-refractivity contribution is 6.08. The van der Waals surface area contributed by atoms with Crippen LogP contribution in [0.15, 0.2) is 42.5 Å². The number of benzene rings is 2. The van der Waals surface area contributed by atoms with Gasteiger partial charge in [-0.3, -0.25) is 14.5 Å². The highest BCUT2D eigenvalue weighted by atomic mass is 16.5. The molecule has 0 bridgehead atoms. The summed E-state index contributed by atoms with van der Waals surface area (Å²) in [5, 5.41) is 11.9. The van der Waals surface area contributed by atoms with E-state index < -0.39 is 29.4 Å². The van der Waals surface area contributed by atoms with E-state index in [1.165, 1.54) is 35.2 Å². The topological polar surface area (TPSA) is 122 Å². The lowest BCUT2D eigenvalue weighted by atomic mass is 10.0. The molecule has 9 nitrogen and oxygen atoms in total. The SMILES string of the molecule is CC(C)OC(=O)c1ccc(NC(=O)CN2C(=O)C(C)(C)Oc3ccc(C(=O)O)cc32)cc1. The van der Waals surface area contributed by atoms with Crippen LogP contribution in [0.1, 0.15) is 48.4 Å². The quantitative estimate of drug-likeness (QED) is 0.662. The Balaban J connectivity index is 1.78. The monoisotopic (exact) mass is 440 g/mol. The Hall–Kier alpha value is -3.88. The number of hydrogen-bond acceptors (Lipinski definition) is 6. The number of esters is 1. The zero-order valence-corrected chi connectivity index (χ0v) is 18.2. The van der Waals surface area contributed by atoms with Crippen LogP contribution in [0.4, 0.5) is 11.4 Å². The molecule has 0 atom stereocenters. The van der Waals surface area contributed by atoms with Crippen LogP contribution < -0.4 is 15.0 Å². The second kappa shape index (κ2) is 8.70. The third-order valence-corrected chi connectivity index (χ3v) is 4.67. The number of carbonyl (C=O) groups excluding carboxylic acids is 3. The van der Waals surface area contributed by atoms with E-state index in [2.05, 4.69) is 5.32 Å². The molecule has 1 aliphatic rings. The third kappa shape index (κ3) is 4.88. The summed E-state index contributed by atoms with van der Waals surface area (Å²) in [6, 6.07) is 10.3. The molecule has 1 aliphatic heterocycles. The molecule has 0 fully saturated rings. The Morgan fingerprint density at radius 3 is 2.31 bits per heavy atom. The lowest BCUT2D eigenvalue weighted by Gasteiger charge is -2.38. The highest BCUT2D eigenvalue weighted by Gasteiger charge is 2.41. The Labute approximate surface area is 184 Å². The zero-order chi connectivity index (χ0) is 23.6. The van der Waals surface area contributed by atoms with Gasteiger partial charge in [0.25, 0.3) is 5.91 Å². The van der Waals surface area contributed by atoms with Crippen molar-refractivity contribution in [3.05, 3.63) is 53.6 Å². The number of anilines is 2. The van der Waals surface area contributed by atoms with Gasteiger partial charge in [0.15, 0.2) is 5.60 Å². The Kier molecular flexibility index (Phi) is 6.20. The molecule has 0 saturated heterocycles. The van der Waals surface area contributed by atoms with E-state index in [1.807, 2.05) is 0 Å². The largest absolute Gasteiger partial charge is 0.478 e. The molecule has 168 valence electrons. The average Bonchev–Trinajstić information content (AvgIpc) is 2.70. The van der Waals surface area contributed by atoms with Gasteiger partial charge in [-0.05, 0) is 70.2 Å². The van der Waals surface area contributed by atoms with E-state index in [0.29, 0.717) is 17.0 Å². The maximum Gasteiger partial charge on any atom is 0.338 e. The molecule has 32 heavy (non-hydrogen) atoms. The van der Waals surface area contributed by atoms with Gasteiger partial charge in [-0.25, -0.2) is 9.59 Å². The van der Waals surface area contributed by atoms with Crippen LogP contribution in [0.3, 0.4) is 0 Å². The summed E-state index contributed by atoms with van der Waals surface area (Å²) in [6.45, 7) is 6.29. The lowest BCUT2D eigenvalue weighted by Crippen LogP contribution is -2.54. The van der Waals surface area contributed by atoms with Crippen molar-refractivity contribution in [1.82, 2.24) is 0 Å². The van der Waals surface area contributed by atoms with Crippen LogP contribution in [0.5, 0.6) is 5.75 Å². The first-order chi connectivity index (χ1) is 15.0. The summed E-state index contributed by atoms with van der Waals surface area (Å²) < 4.78 is 10.8. The lowest BCUT2D eigenvalue weighted by molar-refractivity contribution is -0.133. The second-order valence-corrected chi connectivity index (χ2v) is 8.07. The van der Waals surface area contributed by atoms with Crippen molar-refractivity contribution >= 4 is 35.1 Å². The van der Waals surface area contributed by atoms with Crippen molar-refractivity contribution in [2.45, 2.75) is 39.4 Å². The minimum atomic E-state index is -1.23. The predicted octanol–water partition coefficient (Wildman–Crippen LogP) is 3.09. The number of amides is 2. The molecule has 2 N–H and O–H groups in total. The number of fused-ring (bicyclic) bond motifs is 1. The van der Waals surface area contributed by atoms with Gasteiger partial charge in [0.2, 0.25) is 5.91 Å². The number of carbonyl (C=O) groups is 4. The van der Waals surface area contributed by atoms with Crippen LogP contribution in [-0.2, 0) is 14.3 Å². The summed E-state index contributed by atoms with van der Waals surface area (Å²) in [7, 11) is 0. The Morgan fingerprint density at radius 1 is 1.09 bits per heavy atom. The first-order valence-electron chi connectivity index (χ1n) is 9.97. The van der Waals surface area contributed by atoms with Gasteiger partial charge in [-0.2, -0.15) is 0 Å². The van der Waals surface area contributed by atoms with Crippen molar-refractivity contribution in [2.24, 2.45) is 0 Å². The van der Waals surface area contributed by atoms with E-state index in [9.17, 15) is 24.3 Å². The van der Waals surface area contributed by atoms with E-state index in [0.717, 1.165) is 0 Å². The van der Waals surface area contributed by atoms with E-state index in [4.69, 9.17) is 9.47 Å². The molecule has 2 aromatic carbocycles. The van der Waals surface area contributed by atoms with Crippen molar-refractivity contribution in [2.75, 3.05) is 16.8 Å². The number of rotatable bonds is 6. The van der Waals surface area contributed by atoms with Crippen LogP contribution >= 0.6 is 0 Å². The average molecular weight is 440 g/mol. The standard InChI is InChI=1S/C23H24N2O7/c1-13(2)31-21(29)14-5-8-16(9-6-14)24-19(26)12-25-17-11-15(20(27)28)7-10-18(17)32-23(3,4)22(25)30/h5-11,13H,12H2,1-4H3,(H,24,26)(H,27,28). The van der Waals surface area contributed by atoms with E-state index in [-0.39, 0.29) is 23.9 Å². The molecule has 2 aromatic rings. The van der Waals surface area contributed by atoms with E-state index in [1.54, 1.807) is 39.8 Å². The highest BCUT2D eigenvalue weighted by Crippen LogP contribution is 2.38. The fourth-order valence-corrected chi connectivity index (χ4v) is 3.17. The molecule has 0 saturated carbocycles. The molecule has 9 heteroatoms. The van der Waals surface area contributed by atoms with E-state index >= 15 is 0 Å². The Bertz CT molecular complexity index is 1070. The number of carboxylic acids is 1. The fraction of sp³-hybridized carbons (Fsp3) is 0.304. The summed E-state index contributed by atoms with van der Waals surface area (Å²) in [5.41, 5.74) is -0.283. The van der Waals surface area contributed by atoms with Crippen molar-refractivity contribution in [1.29, 1.82) is 0 Å². The molecule has 0 radical (unpaired) electrons. The number of aromatic carboxylic acids is 1. The minimum absolute atomic E-state index is 0.0332. The zero-order valence-electron chi connectivity index (χ0n) is 18.2. The van der Waals surface area contributed by atoms with Gasteiger partial charge >= 0.3 is 11.9 Å². The molecule has 0 spiro atoms. The number of nitrogens with one attached hydrogen (secondary N) is 1. The molecular weight excluding hydrogens is 416 g/mol. The number of carboxylic acid groups (broad SMARTS) is 1. The second-order valence-electron chi connectivity index (χ2n) is 8.07.